The van der Waals surface area contributed by atoms with E-state index in [2.05, 4.69) is 45.2 Å². The van der Waals surface area contributed by atoms with E-state index in [9.17, 15) is 4.79 Å². The number of hydrogen-bond donors (Lipinski definition) is 1. The number of nitrogens with one attached hydrogen (secondary N) is 1. The molecule has 1 aromatic rings. The molecule has 21 heavy (non-hydrogen) atoms. The molecule has 3 nitrogen and oxygen atoms in total. The fourth-order valence-electron chi connectivity index (χ4n) is 3.45. The predicted molar refractivity (Wildman–Crippen MR) is 84.8 cm³/mol. The van der Waals surface area contributed by atoms with E-state index in [0.29, 0.717) is 24.7 Å². The number of furan rings is 1. The van der Waals surface area contributed by atoms with Crippen LogP contribution in [0.3, 0.4) is 0 Å². The maximum Gasteiger partial charge on any atom is 0.138 e. The minimum absolute atomic E-state index is 0.0615. The molecule has 0 radical (unpaired) electrons. The number of allylic oxidation sites excluding steroid dienone is 2. The van der Waals surface area contributed by atoms with E-state index in [0.717, 1.165) is 12.2 Å². The van der Waals surface area contributed by atoms with Crippen LogP contribution in [0.2, 0.25) is 0 Å². The van der Waals surface area contributed by atoms with Gasteiger partial charge in [-0.05, 0) is 36.8 Å². The van der Waals surface area contributed by atoms with Crippen molar-refractivity contribution in [3.63, 3.8) is 0 Å². The standard InChI is InChI=1S/C18H27NO2/c1-13-7-5-9-18(3,4)17(13)16(20)11-14(2)19-12-15-8-6-10-21-15/h5-8,10,13-14,17,19H,9,11-12H2,1-4H3/t13-,14-,17-/m0/s1. The molecule has 0 spiro atoms. The van der Waals surface area contributed by atoms with Crippen LogP contribution in [0.4, 0.5) is 0 Å². The molecule has 1 heterocycles. The summed E-state index contributed by atoms with van der Waals surface area (Å²) in [6.07, 6.45) is 7.64. The summed E-state index contributed by atoms with van der Waals surface area (Å²) in [4.78, 5) is 12.7. The lowest BCUT2D eigenvalue weighted by Crippen LogP contribution is -2.40. The molecule has 0 amide bonds. The zero-order valence-corrected chi connectivity index (χ0v) is 13.6. The molecule has 1 aliphatic rings. The first-order valence-electron chi connectivity index (χ1n) is 7.85. The van der Waals surface area contributed by atoms with Crippen LogP contribution in [-0.4, -0.2) is 11.8 Å². The van der Waals surface area contributed by atoms with E-state index < -0.39 is 0 Å². The quantitative estimate of drug-likeness (QED) is 0.806. The third-order valence-corrected chi connectivity index (χ3v) is 4.51. The average Bonchev–Trinajstić information content (AvgIpc) is 2.88. The Morgan fingerprint density at radius 1 is 1.52 bits per heavy atom. The first kappa shape index (κ1) is 16.0. The van der Waals surface area contributed by atoms with Gasteiger partial charge in [0.05, 0.1) is 12.8 Å². The van der Waals surface area contributed by atoms with Crippen LogP contribution >= 0.6 is 0 Å². The Balaban J connectivity index is 1.89. The number of Topliss-reactive ketones (excluding diaryl/α,β-unsaturated/α-hetero) is 1. The highest BCUT2D eigenvalue weighted by atomic mass is 16.3. The maximum absolute atomic E-state index is 12.7. The molecule has 1 N–H and O–H groups in total. The van der Waals surface area contributed by atoms with Crippen LogP contribution in [0.1, 0.15) is 46.3 Å². The van der Waals surface area contributed by atoms with Crippen molar-refractivity contribution < 1.29 is 9.21 Å². The third kappa shape index (κ3) is 4.07. The SMILES string of the molecule is C[C@@H](CC(=O)[C@@H]1[C@@H](C)C=CCC1(C)C)NCc1ccco1. The van der Waals surface area contributed by atoms with Crippen molar-refractivity contribution in [1.82, 2.24) is 5.32 Å². The lowest BCUT2D eigenvalue weighted by atomic mass is 9.65. The molecule has 0 unspecified atom stereocenters. The van der Waals surface area contributed by atoms with E-state index in [1.807, 2.05) is 12.1 Å². The van der Waals surface area contributed by atoms with E-state index in [4.69, 9.17) is 4.42 Å². The van der Waals surface area contributed by atoms with Crippen molar-refractivity contribution in [2.24, 2.45) is 17.3 Å². The van der Waals surface area contributed by atoms with Crippen LogP contribution < -0.4 is 5.32 Å². The molecule has 0 saturated carbocycles. The zero-order chi connectivity index (χ0) is 15.5. The van der Waals surface area contributed by atoms with Gasteiger partial charge in [0.15, 0.2) is 0 Å². The highest BCUT2D eigenvalue weighted by Gasteiger charge is 2.39. The molecule has 2 rings (SSSR count). The van der Waals surface area contributed by atoms with Crippen molar-refractivity contribution in [3.8, 4) is 0 Å². The monoisotopic (exact) mass is 289 g/mol. The second kappa shape index (κ2) is 6.61. The number of ketones is 1. The van der Waals surface area contributed by atoms with Crippen LogP contribution in [0.25, 0.3) is 0 Å². The predicted octanol–water partition coefficient (Wildman–Crippen LogP) is 3.96. The number of carbonyl (C=O) groups excluding carboxylic acids is 1. The van der Waals surface area contributed by atoms with Crippen LogP contribution in [0.5, 0.6) is 0 Å². The Morgan fingerprint density at radius 2 is 2.29 bits per heavy atom. The summed E-state index contributed by atoms with van der Waals surface area (Å²) in [6.45, 7) is 9.30. The molecular formula is C18H27NO2. The smallest absolute Gasteiger partial charge is 0.138 e. The molecule has 116 valence electrons. The van der Waals surface area contributed by atoms with Crippen LogP contribution in [0.15, 0.2) is 35.0 Å². The van der Waals surface area contributed by atoms with Gasteiger partial charge in [-0.25, -0.2) is 0 Å². The van der Waals surface area contributed by atoms with Crippen molar-refractivity contribution in [3.05, 3.63) is 36.3 Å². The van der Waals surface area contributed by atoms with Gasteiger partial charge in [0.25, 0.3) is 0 Å². The minimum Gasteiger partial charge on any atom is -0.468 e. The van der Waals surface area contributed by atoms with E-state index in [1.165, 1.54) is 0 Å². The first-order valence-corrected chi connectivity index (χ1v) is 7.85. The average molecular weight is 289 g/mol. The normalized spacial score (nSPS) is 25.7. The molecule has 0 fully saturated rings. The molecule has 0 aliphatic heterocycles. The highest BCUT2D eigenvalue weighted by molar-refractivity contribution is 5.83. The Bertz CT molecular complexity index is 487. The van der Waals surface area contributed by atoms with Gasteiger partial charge in [0, 0.05) is 18.4 Å². The lowest BCUT2D eigenvalue weighted by molar-refractivity contribution is -0.128. The Morgan fingerprint density at radius 3 is 2.90 bits per heavy atom. The highest BCUT2D eigenvalue weighted by Crippen LogP contribution is 2.41. The Labute approximate surface area is 127 Å². The Kier molecular flexibility index (Phi) is 5.04. The maximum atomic E-state index is 12.7. The first-order chi connectivity index (χ1) is 9.90. The van der Waals surface area contributed by atoms with Gasteiger partial charge in [0.1, 0.15) is 11.5 Å². The minimum atomic E-state index is 0.0615. The van der Waals surface area contributed by atoms with Gasteiger partial charge in [-0.15, -0.1) is 0 Å². The van der Waals surface area contributed by atoms with Crippen LogP contribution in [0, 0.1) is 17.3 Å². The van der Waals surface area contributed by atoms with Gasteiger partial charge in [-0.1, -0.05) is 32.9 Å². The fourth-order valence-corrected chi connectivity index (χ4v) is 3.45. The molecule has 0 bridgehead atoms. The number of rotatable bonds is 6. The Hall–Kier alpha value is -1.35. The second-order valence-corrected chi connectivity index (χ2v) is 6.99. The van der Waals surface area contributed by atoms with Crippen LogP contribution in [-0.2, 0) is 11.3 Å². The second-order valence-electron chi connectivity index (χ2n) is 6.99. The van der Waals surface area contributed by atoms with E-state index in [1.54, 1.807) is 6.26 Å². The summed E-state index contributed by atoms with van der Waals surface area (Å²) >= 11 is 0. The molecule has 3 heteroatoms. The summed E-state index contributed by atoms with van der Waals surface area (Å²) in [7, 11) is 0. The van der Waals surface area contributed by atoms with Gasteiger partial charge in [-0.3, -0.25) is 4.79 Å². The summed E-state index contributed by atoms with van der Waals surface area (Å²) in [5.74, 6) is 1.73. The summed E-state index contributed by atoms with van der Waals surface area (Å²) in [5, 5.41) is 3.36. The van der Waals surface area contributed by atoms with Gasteiger partial charge in [0.2, 0.25) is 0 Å². The molecular weight excluding hydrogens is 262 g/mol. The largest absolute Gasteiger partial charge is 0.468 e. The molecule has 0 aromatic carbocycles. The zero-order valence-electron chi connectivity index (χ0n) is 13.6. The molecule has 0 saturated heterocycles. The summed E-state index contributed by atoms with van der Waals surface area (Å²) in [5.41, 5.74) is 0.0615. The molecule has 1 aliphatic carbocycles. The van der Waals surface area contributed by atoms with Gasteiger partial charge < -0.3 is 9.73 Å². The van der Waals surface area contributed by atoms with Crippen molar-refractivity contribution in [2.75, 3.05) is 0 Å². The topological polar surface area (TPSA) is 42.2 Å². The number of hydrogen-bond acceptors (Lipinski definition) is 3. The van der Waals surface area contributed by atoms with Crippen molar-refractivity contribution >= 4 is 5.78 Å². The van der Waals surface area contributed by atoms with Crippen molar-refractivity contribution in [1.29, 1.82) is 0 Å². The van der Waals surface area contributed by atoms with E-state index >= 15 is 0 Å². The van der Waals surface area contributed by atoms with Gasteiger partial charge in [-0.2, -0.15) is 0 Å². The number of carbonyl (C=O) groups is 1. The molecule has 3 atom stereocenters. The van der Waals surface area contributed by atoms with Gasteiger partial charge >= 0.3 is 0 Å². The third-order valence-electron chi connectivity index (χ3n) is 4.51. The summed E-state index contributed by atoms with van der Waals surface area (Å²) < 4.78 is 5.30. The fraction of sp³-hybridized carbons (Fsp3) is 0.611. The molecule has 1 aromatic heterocycles. The van der Waals surface area contributed by atoms with Crippen molar-refractivity contribution in [2.45, 2.75) is 53.1 Å². The summed E-state index contributed by atoms with van der Waals surface area (Å²) in [6, 6.07) is 3.99. The van der Waals surface area contributed by atoms with E-state index in [-0.39, 0.29) is 17.4 Å². The lowest BCUT2D eigenvalue weighted by Gasteiger charge is -2.39.